The summed E-state index contributed by atoms with van der Waals surface area (Å²) in [7, 11) is 0. The van der Waals surface area contributed by atoms with Gasteiger partial charge in [-0.25, -0.2) is 0 Å². The lowest BCUT2D eigenvalue weighted by atomic mass is 9.90. The highest BCUT2D eigenvalue weighted by atomic mass is 32.1. The molecule has 0 atom stereocenters. The average Bonchev–Trinajstić information content (AvgIpc) is 2.98. The van der Waals surface area contributed by atoms with E-state index in [1.807, 2.05) is 6.07 Å². The van der Waals surface area contributed by atoms with Crippen LogP contribution in [0.2, 0.25) is 0 Å². The first-order valence-electron chi connectivity index (χ1n) is 9.88. The average molecular weight is 379 g/mol. The number of amides is 1. The predicted molar refractivity (Wildman–Crippen MR) is 113 cm³/mol. The lowest BCUT2D eigenvalue weighted by Crippen LogP contribution is -2.17. The van der Waals surface area contributed by atoms with Crippen LogP contribution in [0, 0.1) is 13.8 Å². The number of rotatable bonds is 3. The van der Waals surface area contributed by atoms with Crippen molar-refractivity contribution in [3.05, 3.63) is 63.0 Å². The maximum Gasteiger partial charge on any atom is 0.279 e. The van der Waals surface area contributed by atoms with Gasteiger partial charge in [-0.2, -0.15) is 4.99 Å². The number of nitrogens with zero attached hydrogens (tertiary/aromatic N) is 2. The third-order valence-corrected chi connectivity index (χ3v) is 6.58. The summed E-state index contributed by atoms with van der Waals surface area (Å²) in [5, 5.41) is 0. The summed E-state index contributed by atoms with van der Waals surface area (Å²) in [6.07, 6.45) is 5.69. The molecule has 0 saturated carbocycles. The van der Waals surface area contributed by atoms with Crippen LogP contribution in [-0.4, -0.2) is 10.5 Å². The van der Waals surface area contributed by atoms with Gasteiger partial charge in [-0.15, -0.1) is 0 Å². The van der Waals surface area contributed by atoms with E-state index in [1.54, 1.807) is 11.3 Å². The highest BCUT2D eigenvalue weighted by molar-refractivity contribution is 7.16. The third kappa shape index (κ3) is 3.51. The van der Waals surface area contributed by atoms with E-state index >= 15 is 0 Å². The maximum atomic E-state index is 12.9. The highest BCUT2D eigenvalue weighted by Gasteiger charge is 2.14. The van der Waals surface area contributed by atoms with Crippen molar-refractivity contribution in [3.8, 4) is 0 Å². The van der Waals surface area contributed by atoms with E-state index in [4.69, 9.17) is 0 Å². The fourth-order valence-corrected chi connectivity index (χ4v) is 5.00. The van der Waals surface area contributed by atoms with Gasteiger partial charge in [-0.05, 0) is 92.5 Å². The second-order valence-electron chi connectivity index (χ2n) is 7.55. The van der Waals surface area contributed by atoms with E-state index in [-0.39, 0.29) is 5.91 Å². The lowest BCUT2D eigenvalue weighted by molar-refractivity contribution is 0.0997. The number of carbonyl (C=O) groups is 1. The molecule has 1 aromatic heterocycles. The number of fused-ring (bicyclic) bond motifs is 2. The van der Waals surface area contributed by atoms with Crippen molar-refractivity contribution in [1.29, 1.82) is 0 Å². The molecule has 0 unspecified atom stereocenters. The zero-order valence-corrected chi connectivity index (χ0v) is 17.2. The molecular formula is C23H26N2OS. The largest absolute Gasteiger partial charge is 0.316 e. The van der Waals surface area contributed by atoms with Gasteiger partial charge in [-0.3, -0.25) is 4.79 Å². The summed E-state index contributed by atoms with van der Waals surface area (Å²) >= 11 is 1.61. The Morgan fingerprint density at radius 1 is 1.07 bits per heavy atom. The molecule has 3 aromatic rings. The first-order valence-corrected chi connectivity index (χ1v) is 10.7. The smallest absolute Gasteiger partial charge is 0.279 e. The number of thiazole rings is 1. The Morgan fingerprint density at radius 3 is 2.59 bits per heavy atom. The minimum atomic E-state index is -0.131. The molecule has 1 aliphatic carbocycles. The normalized spacial score (nSPS) is 14.6. The Morgan fingerprint density at radius 2 is 1.81 bits per heavy atom. The van der Waals surface area contributed by atoms with Crippen molar-refractivity contribution in [2.75, 3.05) is 0 Å². The van der Waals surface area contributed by atoms with Gasteiger partial charge in [0, 0.05) is 12.1 Å². The zero-order chi connectivity index (χ0) is 19.0. The van der Waals surface area contributed by atoms with Crippen LogP contribution in [0.1, 0.15) is 58.8 Å². The molecule has 4 heteroatoms. The predicted octanol–water partition coefficient (Wildman–Crippen LogP) is 5.35. The van der Waals surface area contributed by atoms with Crippen LogP contribution in [0.5, 0.6) is 0 Å². The maximum absolute atomic E-state index is 12.9. The van der Waals surface area contributed by atoms with E-state index in [2.05, 4.69) is 54.6 Å². The van der Waals surface area contributed by atoms with Crippen LogP contribution in [-0.2, 0) is 19.4 Å². The monoisotopic (exact) mass is 378 g/mol. The van der Waals surface area contributed by atoms with Crippen LogP contribution in [0.15, 0.2) is 35.3 Å². The van der Waals surface area contributed by atoms with Gasteiger partial charge in [-0.1, -0.05) is 24.3 Å². The van der Waals surface area contributed by atoms with Crippen molar-refractivity contribution in [1.82, 2.24) is 4.57 Å². The molecule has 0 spiro atoms. The molecule has 0 bridgehead atoms. The van der Waals surface area contributed by atoms with Gasteiger partial charge in [0.2, 0.25) is 0 Å². The zero-order valence-electron chi connectivity index (χ0n) is 16.3. The molecular weight excluding hydrogens is 352 g/mol. The quantitative estimate of drug-likeness (QED) is 0.605. The molecule has 0 saturated heterocycles. The fraction of sp³-hybridized carbons (Fsp3) is 0.391. The minimum Gasteiger partial charge on any atom is -0.316 e. The Kier molecular flexibility index (Phi) is 5.00. The molecule has 0 radical (unpaired) electrons. The van der Waals surface area contributed by atoms with E-state index in [0.29, 0.717) is 5.56 Å². The van der Waals surface area contributed by atoms with Gasteiger partial charge < -0.3 is 4.57 Å². The summed E-state index contributed by atoms with van der Waals surface area (Å²) in [5.41, 5.74) is 7.17. The van der Waals surface area contributed by atoms with E-state index in [9.17, 15) is 4.79 Å². The Labute approximate surface area is 164 Å². The SMILES string of the molecule is CCCn1c(=NC(=O)c2ccc3c(c2)CCCC3)sc2cc(C)c(C)cc21. The van der Waals surface area contributed by atoms with E-state index in [1.165, 1.54) is 45.3 Å². The van der Waals surface area contributed by atoms with Crippen LogP contribution in [0.25, 0.3) is 10.2 Å². The van der Waals surface area contributed by atoms with E-state index in [0.717, 1.165) is 30.6 Å². The van der Waals surface area contributed by atoms with Crippen LogP contribution >= 0.6 is 11.3 Å². The number of aryl methyl sites for hydroxylation is 5. The molecule has 0 fully saturated rings. The van der Waals surface area contributed by atoms with Gasteiger partial charge in [0.25, 0.3) is 5.91 Å². The molecule has 140 valence electrons. The number of hydrogen-bond acceptors (Lipinski definition) is 2. The standard InChI is InChI=1S/C23H26N2OS/c1-4-11-25-20-12-15(2)16(3)13-21(20)27-23(25)24-22(26)19-10-9-17-7-5-6-8-18(17)14-19/h9-10,12-14H,4-8,11H2,1-3H3. The molecule has 4 rings (SSSR count). The third-order valence-electron chi connectivity index (χ3n) is 5.54. The first-order chi connectivity index (χ1) is 13.1. The fourth-order valence-electron chi connectivity index (χ4n) is 3.86. The molecule has 27 heavy (non-hydrogen) atoms. The van der Waals surface area contributed by atoms with Crippen molar-refractivity contribution >= 4 is 27.5 Å². The Bertz CT molecular complexity index is 1090. The molecule has 1 heterocycles. The summed E-state index contributed by atoms with van der Waals surface area (Å²) in [5.74, 6) is -0.131. The molecule has 0 aliphatic heterocycles. The second kappa shape index (κ2) is 7.43. The summed E-state index contributed by atoms with van der Waals surface area (Å²) in [4.78, 5) is 18.2. The summed E-state index contributed by atoms with van der Waals surface area (Å²) in [6, 6.07) is 10.6. The molecule has 1 aliphatic rings. The lowest BCUT2D eigenvalue weighted by Gasteiger charge is -2.15. The second-order valence-corrected chi connectivity index (χ2v) is 8.56. The van der Waals surface area contributed by atoms with E-state index < -0.39 is 0 Å². The van der Waals surface area contributed by atoms with Gasteiger partial charge in [0.05, 0.1) is 10.2 Å². The van der Waals surface area contributed by atoms with Gasteiger partial charge in [0.1, 0.15) is 0 Å². The van der Waals surface area contributed by atoms with Crippen LogP contribution < -0.4 is 4.80 Å². The van der Waals surface area contributed by atoms with Crippen molar-refractivity contribution in [3.63, 3.8) is 0 Å². The number of carbonyl (C=O) groups excluding carboxylic acids is 1. The topological polar surface area (TPSA) is 34.4 Å². The van der Waals surface area contributed by atoms with Crippen molar-refractivity contribution in [2.45, 2.75) is 59.4 Å². The van der Waals surface area contributed by atoms with Gasteiger partial charge in [0.15, 0.2) is 4.80 Å². The first kappa shape index (κ1) is 18.2. The number of benzene rings is 2. The minimum absolute atomic E-state index is 0.131. The Hall–Kier alpha value is -2.20. The van der Waals surface area contributed by atoms with Crippen molar-refractivity contribution in [2.24, 2.45) is 4.99 Å². The molecule has 0 N–H and O–H groups in total. The van der Waals surface area contributed by atoms with Crippen LogP contribution in [0.4, 0.5) is 0 Å². The molecule has 3 nitrogen and oxygen atoms in total. The summed E-state index contributed by atoms with van der Waals surface area (Å²) < 4.78 is 3.39. The van der Waals surface area contributed by atoms with Crippen LogP contribution in [0.3, 0.4) is 0 Å². The molecule has 2 aromatic carbocycles. The highest BCUT2D eigenvalue weighted by Crippen LogP contribution is 2.24. The number of aromatic nitrogens is 1. The number of hydrogen-bond donors (Lipinski definition) is 0. The molecule has 1 amide bonds. The van der Waals surface area contributed by atoms with Crippen molar-refractivity contribution < 1.29 is 4.79 Å². The summed E-state index contributed by atoms with van der Waals surface area (Å²) in [6.45, 7) is 7.30. The Balaban J connectivity index is 1.79. The van der Waals surface area contributed by atoms with Gasteiger partial charge >= 0.3 is 0 Å².